The second-order valence-corrected chi connectivity index (χ2v) is 11.7. The molecule has 6 heteroatoms. The highest BCUT2D eigenvalue weighted by Gasteiger charge is 2.31. The minimum absolute atomic E-state index is 0.339. The summed E-state index contributed by atoms with van der Waals surface area (Å²) in [4.78, 5) is 0.617. The van der Waals surface area contributed by atoms with Crippen molar-refractivity contribution in [2.45, 2.75) is 4.90 Å². The van der Waals surface area contributed by atoms with Crippen molar-refractivity contribution in [3.63, 3.8) is 0 Å². The average Bonchev–Trinajstić information content (AvgIpc) is 2.86. The Morgan fingerprint density at radius 2 is 1.25 bits per heavy atom. The van der Waals surface area contributed by atoms with Crippen LogP contribution in [0.1, 0.15) is 5.56 Å². The molecule has 5 rings (SSSR count). The lowest BCUT2D eigenvalue weighted by molar-refractivity contribution is 0.503. The minimum Gasteiger partial charge on any atom is -0.434 e. The SMILES string of the molecule is O=P(Oc1cccc2c1N=[S@](=O)(c1ccccc1)C=C2)(c1ccccc1)c1ccccc1. The highest BCUT2D eigenvalue weighted by molar-refractivity contribution is 7.96. The molecule has 4 aromatic carbocycles. The van der Waals surface area contributed by atoms with Gasteiger partial charge in [-0.15, -0.1) is 0 Å². The average molecular weight is 457 g/mol. The third-order valence-corrected chi connectivity index (χ3v) is 9.51. The van der Waals surface area contributed by atoms with Gasteiger partial charge < -0.3 is 4.52 Å². The summed E-state index contributed by atoms with van der Waals surface area (Å²) < 4.78 is 38.9. The van der Waals surface area contributed by atoms with Gasteiger partial charge in [-0.25, -0.2) is 4.21 Å². The maximum Gasteiger partial charge on any atom is 0.306 e. The number of hydrogen-bond acceptors (Lipinski definition) is 4. The van der Waals surface area contributed by atoms with Crippen molar-refractivity contribution in [3.8, 4) is 5.75 Å². The first-order valence-electron chi connectivity index (χ1n) is 10.1. The van der Waals surface area contributed by atoms with Crippen LogP contribution in [-0.2, 0) is 14.3 Å². The first kappa shape index (κ1) is 20.5. The van der Waals surface area contributed by atoms with E-state index in [9.17, 15) is 8.77 Å². The van der Waals surface area contributed by atoms with Gasteiger partial charge in [0.1, 0.15) is 15.4 Å². The standard InChI is InChI=1S/C26H20NO3PS/c28-31(22-12-4-1-5-13-22,23-14-6-2-7-15-23)30-25-18-10-11-21-19-20-32(29,27-26(21)25)24-16-8-3-9-17-24/h1-20H/t32-/m1/s1. The topological polar surface area (TPSA) is 55.7 Å². The molecule has 0 radical (unpaired) electrons. The molecule has 0 saturated carbocycles. The molecule has 4 nitrogen and oxygen atoms in total. The maximum atomic E-state index is 14.3. The minimum atomic E-state index is -3.48. The van der Waals surface area contributed by atoms with E-state index in [2.05, 4.69) is 4.36 Å². The molecule has 158 valence electrons. The first-order valence-corrected chi connectivity index (χ1v) is 13.3. The first-order chi connectivity index (χ1) is 15.6. The van der Waals surface area contributed by atoms with Crippen LogP contribution in [0.5, 0.6) is 5.75 Å². The lowest BCUT2D eigenvalue weighted by Gasteiger charge is -2.23. The Kier molecular flexibility index (Phi) is 5.30. The molecule has 0 aliphatic carbocycles. The van der Waals surface area contributed by atoms with Gasteiger partial charge in [-0.2, -0.15) is 4.36 Å². The van der Waals surface area contributed by atoms with Gasteiger partial charge in [0.05, 0.1) is 15.5 Å². The van der Waals surface area contributed by atoms with Crippen molar-refractivity contribution in [2.24, 2.45) is 4.36 Å². The molecule has 0 N–H and O–H groups in total. The van der Waals surface area contributed by atoms with Crippen LogP contribution < -0.4 is 15.1 Å². The van der Waals surface area contributed by atoms with Crippen molar-refractivity contribution >= 4 is 39.5 Å². The second kappa shape index (κ2) is 8.27. The lowest BCUT2D eigenvalue weighted by Crippen LogP contribution is -2.20. The molecule has 0 amide bonds. The fraction of sp³-hybridized carbons (Fsp3) is 0. The van der Waals surface area contributed by atoms with E-state index >= 15 is 0 Å². The number of nitrogens with zero attached hydrogens (tertiary/aromatic N) is 1. The smallest absolute Gasteiger partial charge is 0.306 e. The van der Waals surface area contributed by atoms with Crippen molar-refractivity contribution in [2.75, 3.05) is 0 Å². The number of fused-ring (bicyclic) bond motifs is 1. The fourth-order valence-corrected chi connectivity index (χ4v) is 7.30. The normalized spacial score (nSPS) is 17.2. The molecule has 0 unspecified atom stereocenters. The Balaban J connectivity index is 1.67. The van der Waals surface area contributed by atoms with E-state index < -0.39 is 17.1 Å². The molecular weight excluding hydrogens is 437 g/mol. The van der Waals surface area contributed by atoms with Crippen LogP contribution in [-0.4, -0.2) is 4.21 Å². The highest BCUT2D eigenvalue weighted by atomic mass is 32.2. The summed E-state index contributed by atoms with van der Waals surface area (Å²) in [7, 11) is -6.30. The largest absolute Gasteiger partial charge is 0.434 e. The third kappa shape index (κ3) is 3.70. The summed E-state index contributed by atoms with van der Waals surface area (Å²) in [5.41, 5.74) is 1.21. The van der Waals surface area contributed by atoms with Crippen LogP contribution in [0.4, 0.5) is 5.69 Å². The molecule has 0 fully saturated rings. The van der Waals surface area contributed by atoms with E-state index in [4.69, 9.17) is 4.52 Å². The van der Waals surface area contributed by atoms with Crippen LogP contribution in [0, 0.1) is 0 Å². The van der Waals surface area contributed by atoms with Crippen LogP contribution in [0.25, 0.3) is 6.08 Å². The molecular formula is C26H20NO3PS. The predicted octanol–water partition coefficient (Wildman–Crippen LogP) is 6.14. The molecule has 32 heavy (non-hydrogen) atoms. The van der Waals surface area contributed by atoms with Gasteiger partial charge in [0.15, 0.2) is 5.75 Å². The Morgan fingerprint density at radius 3 is 1.84 bits per heavy atom. The zero-order valence-corrected chi connectivity index (χ0v) is 18.8. The zero-order valence-electron chi connectivity index (χ0n) is 17.1. The van der Waals surface area contributed by atoms with E-state index in [1.165, 1.54) is 0 Å². The van der Waals surface area contributed by atoms with Gasteiger partial charge in [0.2, 0.25) is 0 Å². The summed E-state index contributed by atoms with van der Waals surface area (Å²) in [6, 6.07) is 32.9. The van der Waals surface area contributed by atoms with E-state index in [1.54, 1.807) is 53.9 Å². The van der Waals surface area contributed by atoms with Crippen molar-refractivity contribution in [1.29, 1.82) is 0 Å². The summed E-state index contributed by atoms with van der Waals surface area (Å²) in [6.07, 6.45) is 1.79. The molecule has 0 spiro atoms. The zero-order chi connectivity index (χ0) is 22.0. The number of rotatable bonds is 5. The molecule has 1 atom stereocenters. The highest BCUT2D eigenvalue weighted by Crippen LogP contribution is 2.49. The number of benzene rings is 4. The molecule has 1 aliphatic rings. The Labute approximate surface area is 187 Å². The Bertz CT molecular complexity index is 1420. The molecule has 4 aromatic rings. The molecule has 0 bridgehead atoms. The molecule has 1 aliphatic heterocycles. The maximum absolute atomic E-state index is 14.3. The summed E-state index contributed by atoms with van der Waals surface area (Å²) in [5.74, 6) is 0.339. The van der Waals surface area contributed by atoms with E-state index in [-0.39, 0.29) is 0 Å². The predicted molar refractivity (Wildman–Crippen MR) is 131 cm³/mol. The summed E-state index contributed by atoms with van der Waals surface area (Å²) in [6.45, 7) is 0. The van der Waals surface area contributed by atoms with Crippen LogP contribution in [0.15, 0.2) is 124 Å². The van der Waals surface area contributed by atoms with Gasteiger partial charge in [-0.1, -0.05) is 66.7 Å². The van der Waals surface area contributed by atoms with Gasteiger partial charge in [0.25, 0.3) is 0 Å². The number of hydrogen-bond donors (Lipinski definition) is 0. The monoisotopic (exact) mass is 457 g/mol. The van der Waals surface area contributed by atoms with E-state index in [0.29, 0.717) is 26.9 Å². The van der Waals surface area contributed by atoms with Crippen LogP contribution in [0.2, 0.25) is 0 Å². The van der Waals surface area contributed by atoms with E-state index in [0.717, 1.165) is 5.56 Å². The summed E-state index contributed by atoms with van der Waals surface area (Å²) >= 11 is 0. The van der Waals surface area contributed by atoms with Crippen molar-refractivity contribution in [1.82, 2.24) is 0 Å². The second-order valence-electron chi connectivity index (χ2n) is 7.28. The lowest BCUT2D eigenvalue weighted by atomic mass is 10.1. The molecule has 0 saturated heterocycles. The van der Waals surface area contributed by atoms with Crippen LogP contribution in [0.3, 0.4) is 0 Å². The van der Waals surface area contributed by atoms with Crippen LogP contribution >= 0.6 is 7.37 Å². The third-order valence-electron chi connectivity index (χ3n) is 5.19. The van der Waals surface area contributed by atoms with Gasteiger partial charge in [0, 0.05) is 11.0 Å². The van der Waals surface area contributed by atoms with Crippen molar-refractivity contribution < 1.29 is 13.3 Å². The Hall–Kier alpha value is -3.40. The van der Waals surface area contributed by atoms with E-state index in [1.807, 2.05) is 66.7 Å². The fourth-order valence-electron chi connectivity index (χ4n) is 3.56. The summed E-state index contributed by atoms with van der Waals surface area (Å²) in [5, 5.41) is 2.79. The quantitative estimate of drug-likeness (QED) is 0.339. The molecule has 1 heterocycles. The van der Waals surface area contributed by atoms with Gasteiger partial charge in [-0.05, 0) is 48.5 Å². The van der Waals surface area contributed by atoms with Crippen molar-refractivity contribution in [3.05, 3.63) is 120 Å². The molecule has 0 aromatic heterocycles. The van der Waals surface area contributed by atoms with Gasteiger partial charge in [-0.3, -0.25) is 4.57 Å². The van der Waals surface area contributed by atoms with Gasteiger partial charge >= 0.3 is 7.37 Å². The Morgan fingerprint density at radius 1 is 0.688 bits per heavy atom.